The second-order valence-corrected chi connectivity index (χ2v) is 7.83. The maximum Gasteiger partial charge on any atom is 0.419 e. The van der Waals surface area contributed by atoms with Crippen LogP contribution in [0.25, 0.3) is 27.8 Å². The van der Waals surface area contributed by atoms with E-state index < -0.39 is 11.7 Å². The number of rotatable bonds is 4. The Labute approximate surface area is 185 Å². The van der Waals surface area contributed by atoms with Crippen LogP contribution in [-0.4, -0.2) is 43.6 Å². The number of halogens is 3. The van der Waals surface area contributed by atoms with Gasteiger partial charge in [-0.1, -0.05) is 0 Å². The first kappa shape index (κ1) is 21.1. The summed E-state index contributed by atoms with van der Waals surface area (Å²) < 4.78 is 42.8. The van der Waals surface area contributed by atoms with Crippen LogP contribution in [0, 0.1) is 0 Å². The summed E-state index contributed by atoms with van der Waals surface area (Å²) in [5.74, 6) is 0.117. The molecule has 3 N–H and O–H groups in total. The Morgan fingerprint density at radius 2 is 2.00 bits per heavy atom. The zero-order valence-corrected chi connectivity index (χ0v) is 17.4. The average Bonchev–Trinajstić information content (AvgIpc) is 3.25. The molecule has 0 radical (unpaired) electrons. The number of H-pyrrole nitrogens is 1. The molecule has 0 spiro atoms. The summed E-state index contributed by atoms with van der Waals surface area (Å²) in [5, 5.41) is 6.70. The number of aromatic amines is 1. The van der Waals surface area contributed by atoms with Crippen LogP contribution in [0.5, 0.6) is 0 Å². The molecule has 5 rings (SSSR count). The standard InChI is InChI=1S/C22H20F3N7O/c23-22(24,25)17-12-29-21(30-13-2-1-6-27-10-13)31-18(17)16-11-28-19-15(16)5-9-32(20(19)33)14-3-7-26-8-4-14/h3-5,7-9,11-13,27-28H,1-2,6,10H2,(H,29,30,31). The third-order valence-corrected chi connectivity index (χ3v) is 5.66. The van der Waals surface area contributed by atoms with Gasteiger partial charge < -0.3 is 15.6 Å². The van der Waals surface area contributed by atoms with E-state index in [9.17, 15) is 18.0 Å². The lowest BCUT2D eigenvalue weighted by atomic mass is 10.1. The van der Waals surface area contributed by atoms with Gasteiger partial charge in [0.1, 0.15) is 11.1 Å². The number of aromatic nitrogens is 5. The number of nitrogens with one attached hydrogen (secondary N) is 3. The minimum atomic E-state index is -4.66. The summed E-state index contributed by atoms with van der Waals surface area (Å²) in [6.45, 7) is 1.59. The molecule has 1 aliphatic rings. The summed E-state index contributed by atoms with van der Waals surface area (Å²) in [4.78, 5) is 27.9. The van der Waals surface area contributed by atoms with Crippen LogP contribution in [0.15, 0.2) is 54.0 Å². The Morgan fingerprint density at radius 3 is 2.73 bits per heavy atom. The molecule has 1 unspecified atom stereocenters. The van der Waals surface area contributed by atoms with E-state index in [4.69, 9.17) is 0 Å². The van der Waals surface area contributed by atoms with Gasteiger partial charge >= 0.3 is 6.18 Å². The Bertz CT molecular complexity index is 1340. The van der Waals surface area contributed by atoms with E-state index in [0.29, 0.717) is 17.6 Å². The Kier molecular flexibility index (Phi) is 5.33. The van der Waals surface area contributed by atoms with Gasteiger partial charge in [0.05, 0.1) is 11.4 Å². The first-order valence-corrected chi connectivity index (χ1v) is 10.5. The Morgan fingerprint density at radius 1 is 1.18 bits per heavy atom. The molecule has 1 atom stereocenters. The van der Waals surface area contributed by atoms with E-state index in [-0.39, 0.29) is 34.3 Å². The average molecular weight is 455 g/mol. The topological polar surface area (TPSA) is 101 Å². The van der Waals surface area contributed by atoms with Crippen molar-refractivity contribution in [2.45, 2.75) is 25.1 Å². The molecule has 11 heteroatoms. The van der Waals surface area contributed by atoms with E-state index in [0.717, 1.165) is 25.6 Å². The van der Waals surface area contributed by atoms with Gasteiger partial charge in [-0.25, -0.2) is 9.97 Å². The van der Waals surface area contributed by atoms with Crippen LogP contribution < -0.4 is 16.2 Å². The Hall–Kier alpha value is -3.73. The van der Waals surface area contributed by atoms with Gasteiger partial charge in [0.15, 0.2) is 0 Å². The minimum Gasteiger partial charge on any atom is -0.356 e. The van der Waals surface area contributed by atoms with Crippen LogP contribution in [-0.2, 0) is 6.18 Å². The molecule has 0 aromatic carbocycles. The van der Waals surface area contributed by atoms with Crippen LogP contribution >= 0.6 is 0 Å². The molecule has 0 bridgehead atoms. The summed E-state index contributed by atoms with van der Waals surface area (Å²) in [6, 6.07) is 4.96. The molecule has 0 saturated carbocycles. The molecule has 1 fully saturated rings. The normalized spacial score (nSPS) is 16.8. The highest BCUT2D eigenvalue weighted by atomic mass is 19.4. The highest BCUT2D eigenvalue weighted by Gasteiger charge is 2.36. The van der Waals surface area contributed by atoms with E-state index >= 15 is 0 Å². The fraction of sp³-hybridized carbons (Fsp3) is 0.273. The largest absolute Gasteiger partial charge is 0.419 e. The van der Waals surface area contributed by atoms with Crippen LogP contribution in [0.4, 0.5) is 19.1 Å². The van der Waals surface area contributed by atoms with Crippen molar-refractivity contribution >= 4 is 16.9 Å². The molecule has 5 heterocycles. The third kappa shape index (κ3) is 4.07. The first-order valence-electron chi connectivity index (χ1n) is 10.5. The number of anilines is 1. The molecule has 33 heavy (non-hydrogen) atoms. The van der Waals surface area contributed by atoms with Crippen LogP contribution in [0.3, 0.4) is 0 Å². The lowest BCUT2D eigenvalue weighted by Crippen LogP contribution is -2.38. The molecule has 4 aromatic rings. The van der Waals surface area contributed by atoms with E-state index in [1.54, 1.807) is 30.6 Å². The van der Waals surface area contributed by atoms with Crippen molar-refractivity contribution in [3.8, 4) is 16.9 Å². The molecule has 4 aromatic heterocycles. The number of hydrogen-bond acceptors (Lipinski definition) is 6. The molecule has 8 nitrogen and oxygen atoms in total. The van der Waals surface area contributed by atoms with Crippen molar-refractivity contribution in [2.75, 3.05) is 18.4 Å². The minimum absolute atomic E-state index is 0.0267. The number of piperidine rings is 1. The van der Waals surface area contributed by atoms with Crippen molar-refractivity contribution < 1.29 is 13.2 Å². The number of pyridine rings is 2. The van der Waals surface area contributed by atoms with Gasteiger partial charge in [0.25, 0.3) is 5.56 Å². The van der Waals surface area contributed by atoms with Gasteiger partial charge in [0, 0.05) is 54.5 Å². The molecule has 1 aliphatic heterocycles. The van der Waals surface area contributed by atoms with Crippen LogP contribution in [0.2, 0.25) is 0 Å². The smallest absolute Gasteiger partial charge is 0.356 e. The molecular formula is C22H20F3N7O. The van der Waals surface area contributed by atoms with Crippen molar-refractivity contribution in [3.05, 3.63) is 65.1 Å². The van der Waals surface area contributed by atoms with Gasteiger partial charge in [-0.05, 0) is 37.6 Å². The predicted octanol–water partition coefficient (Wildman–Crippen LogP) is 3.35. The second-order valence-electron chi connectivity index (χ2n) is 7.83. The summed E-state index contributed by atoms with van der Waals surface area (Å²) in [7, 11) is 0. The fourth-order valence-electron chi connectivity index (χ4n) is 4.05. The van der Waals surface area contributed by atoms with Gasteiger partial charge in [-0.3, -0.25) is 14.3 Å². The van der Waals surface area contributed by atoms with E-state index in [2.05, 4.69) is 30.6 Å². The lowest BCUT2D eigenvalue weighted by molar-refractivity contribution is -0.137. The van der Waals surface area contributed by atoms with Crippen molar-refractivity contribution in [3.63, 3.8) is 0 Å². The maximum atomic E-state index is 13.8. The third-order valence-electron chi connectivity index (χ3n) is 5.66. The molecular weight excluding hydrogens is 435 g/mol. The number of nitrogens with zero attached hydrogens (tertiary/aromatic N) is 4. The number of hydrogen-bond donors (Lipinski definition) is 3. The highest BCUT2D eigenvalue weighted by molar-refractivity contribution is 5.95. The highest BCUT2D eigenvalue weighted by Crippen LogP contribution is 2.38. The Balaban J connectivity index is 1.61. The SMILES string of the molecule is O=c1c2[nH]cc(-c3nc(NC4CCCNC4)ncc3C(F)(F)F)c2ccn1-c1ccncc1. The zero-order chi connectivity index (χ0) is 23.0. The second kappa shape index (κ2) is 8.32. The zero-order valence-electron chi connectivity index (χ0n) is 17.4. The van der Waals surface area contributed by atoms with Gasteiger partial charge in [-0.2, -0.15) is 13.2 Å². The van der Waals surface area contributed by atoms with Crippen LogP contribution in [0.1, 0.15) is 18.4 Å². The molecule has 1 saturated heterocycles. The number of alkyl halides is 3. The predicted molar refractivity (Wildman–Crippen MR) is 117 cm³/mol. The maximum absolute atomic E-state index is 13.8. The first-order chi connectivity index (χ1) is 15.9. The number of fused-ring (bicyclic) bond motifs is 1. The van der Waals surface area contributed by atoms with Crippen molar-refractivity contribution in [2.24, 2.45) is 0 Å². The lowest BCUT2D eigenvalue weighted by Gasteiger charge is -2.24. The molecule has 170 valence electrons. The van der Waals surface area contributed by atoms with Gasteiger partial charge in [0.2, 0.25) is 5.95 Å². The van der Waals surface area contributed by atoms with Crippen molar-refractivity contribution in [1.29, 1.82) is 0 Å². The molecule has 0 amide bonds. The van der Waals surface area contributed by atoms with Crippen molar-refractivity contribution in [1.82, 2.24) is 29.8 Å². The summed E-state index contributed by atoms with van der Waals surface area (Å²) in [5.41, 5.74) is -0.673. The van der Waals surface area contributed by atoms with Gasteiger partial charge in [-0.15, -0.1) is 0 Å². The van der Waals surface area contributed by atoms with E-state index in [1.807, 2.05) is 0 Å². The van der Waals surface area contributed by atoms with E-state index in [1.165, 1.54) is 17.0 Å². The summed E-state index contributed by atoms with van der Waals surface area (Å²) >= 11 is 0. The molecule has 0 aliphatic carbocycles. The monoisotopic (exact) mass is 455 g/mol. The summed E-state index contributed by atoms with van der Waals surface area (Å²) in [6.07, 6.45) is 3.97. The quantitative estimate of drug-likeness (QED) is 0.436. The fourth-order valence-corrected chi connectivity index (χ4v) is 4.05.